The van der Waals surface area contributed by atoms with Crippen molar-refractivity contribution in [2.75, 3.05) is 13.2 Å². The fraction of sp³-hybridized carbons (Fsp3) is 0.818. The highest BCUT2D eigenvalue weighted by Crippen LogP contribution is 2.00. The molecular formula is C11H22N4O. The van der Waals surface area contributed by atoms with Gasteiger partial charge in [0.1, 0.15) is 12.2 Å². The lowest BCUT2D eigenvalue weighted by Crippen LogP contribution is -2.23. The van der Waals surface area contributed by atoms with Crippen molar-refractivity contribution in [1.29, 1.82) is 0 Å². The number of nitrogens with zero attached hydrogens (tertiary/aromatic N) is 3. The Balaban J connectivity index is 2.28. The highest BCUT2D eigenvalue weighted by molar-refractivity contribution is 4.83. The van der Waals surface area contributed by atoms with Crippen LogP contribution in [0.3, 0.4) is 0 Å². The normalized spacial score (nSPS) is 12.9. The SMILES string of the molecule is CCCn1ncnc1CNCC(C)CCO. The third-order valence-electron chi connectivity index (χ3n) is 2.53. The summed E-state index contributed by atoms with van der Waals surface area (Å²) in [5, 5.41) is 16.3. The van der Waals surface area contributed by atoms with E-state index in [1.54, 1.807) is 6.33 Å². The third-order valence-corrected chi connectivity index (χ3v) is 2.53. The zero-order valence-corrected chi connectivity index (χ0v) is 10.2. The van der Waals surface area contributed by atoms with Crippen LogP contribution in [-0.4, -0.2) is 33.0 Å². The van der Waals surface area contributed by atoms with Crippen molar-refractivity contribution >= 4 is 0 Å². The summed E-state index contributed by atoms with van der Waals surface area (Å²) in [6, 6.07) is 0. The number of aliphatic hydroxyl groups excluding tert-OH is 1. The lowest BCUT2D eigenvalue weighted by molar-refractivity contribution is 0.260. The Kier molecular flexibility index (Phi) is 6.03. The first-order valence-electron chi connectivity index (χ1n) is 5.96. The molecule has 1 aromatic heterocycles. The van der Waals surface area contributed by atoms with Crippen LogP contribution in [-0.2, 0) is 13.1 Å². The fourth-order valence-corrected chi connectivity index (χ4v) is 1.58. The molecule has 5 nitrogen and oxygen atoms in total. The van der Waals surface area contributed by atoms with Crippen LogP contribution in [0.5, 0.6) is 0 Å². The summed E-state index contributed by atoms with van der Waals surface area (Å²) in [6.07, 6.45) is 3.51. The molecule has 0 amide bonds. The predicted octanol–water partition coefficient (Wildman–Crippen LogP) is 0.796. The van der Waals surface area contributed by atoms with Crippen LogP contribution in [0.25, 0.3) is 0 Å². The molecule has 0 spiro atoms. The Labute approximate surface area is 96.9 Å². The first-order chi connectivity index (χ1) is 7.77. The molecule has 1 aromatic rings. The van der Waals surface area contributed by atoms with Gasteiger partial charge in [0.15, 0.2) is 0 Å². The molecule has 1 atom stereocenters. The molecule has 0 aromatic carbocycles. The predicted molar refractivity (Wildman–Crippen MR) is 62.9 cm³/mol. The van der Waals surface area contributed by atoms with E-state index in [1.165, 1.54) is 0 Å². The molecule has 0 radical (unpaired) electrons. The minimum atomic E-state index is 0.259. The van der Waals surface area contributed by atoms with Crippen molar-refractivity contribution < 1.29 is 5.11 Å². The van der Waals surface area contributed by atoms with Crippen molar-refractivity contribution in [3.8, 4) is 0 Å². The zero-order chi connectivity index (χ0) is 11.8. The van der Waals surface area contributed by atoms with Crippen LogP contribution in [0.15, 0.2) is 6.33 Å². The van der Waals surface area contributed by atoms with Crippen LogP contribution in [0, 0.1) is 5.92 Å². The van der Waals surface area contributed by atoms with E-state index in [1.807, 2.05) is 4.68 Å². The topological polar surface area (TPSA) is 63.0 Å². The van der Waals surface area contributed by atoms with Gasteiger partial charge in [-0.25, -0.2) is 9.67 Å². The third kappa shape index (κ3) is 4.28. The van der Waals surface area contributed by atoms with E-state index in [0.717, 1.165) is 38.3 Å². The highest BCUT2D eigenvalue weighted by atomic mass is 16.3. The van der Waals surface area contributed by atoms with Crippen molar-refractivity contribution in [2.24, 2.45) is 5.92 Å². The molecule has 0 saturated carbocycles. The Morgan fingerprint density at radius 2 is 2.38 bits per heavy atom. The van der Waals surface area contributed by atoms with E-state index < -0.39 is 0 Å². The first-order valence-corrected chi connectivity index (χ1v) is 5.96. The molecular weight excluding hydrogens is 204 g/mol. The lowest BCUT2D eigenvalue weighted by atomic mass is 10.1. The van der Waals surface area contributed by atoms with Gasteiger partial charge in [0.25, 0.3) is 0 Å². The number of aromatic nitrogens is 3. The van der Waals surface area contributed by atoms with E-state index in [4.69, 9.17) is 5.11 Å². The van der Waals surface area contributed by atoms with Crippen molar-refractivity contribution in [3.05, 3.63) is 12.2 Å². The molecule has 5 heteroatoms. The molecule has 0 bridgehead atoms. The first kappa shape index (κ1) is 13.1. The lowest BCUT2D eigenvalue weighted by Gasteiger charge is -2.11. The summed E-state index contributed by atoms with van der Waals surface area (Å²) in [5.41, 5.74) is 0. The van der Waals surface area contributed by atoms with E-state index in [2.05, 4.69) is 29.2 Å². The van der Waals surface area contributed by atoms with E-state index >= 15 is 0 Å². The summed E-state index contributed by atoms with van der Waals surface area (Å²) in [4.78, 5) is 4.22. The largest absolute Gasteiger partial charge is 0.396 e. The number of rotatable bonds is 8. The van der Waals surface area contributed by atoms with Crippen molar-refractivity contribution in [3.63, 3.8) is 0 Å². The molecule has 2 N–H and O–H groups in total. The summed E-state index contributed by atoms with van der Waals surface area (Å²) in [7, 11) is 0. The number of hydrogen-bond donors (Lipinski definition) is 2. The standard InChI is InChI=1S/C11H22N4O/c1-3-5-15-11(13-9-14-15)8-12-7-10(2)4-6-16/h9-10,12,16H,3-8H2,1-2H3. The van der Waals surface area contributed by atoms with Gasteiger partial charge in [-0.15, -0.1) is 0 Å². The molecule has 1 unspecified atom stereocenters. The Morgan fingerprint density at radius 1 is 1.56 bits per heavy atom. The number of aliphatic hydroxyl groups is 1. The van der Waals surface area contributed by atoms with E-state index in [-0.39, 0.29) is 6.61 Å². The smallest absolute Gasteiger partial charge is 0.140 e. The van der Waals surface area contributed by atoms with E-state index in [0.29, 0.717) is 5.92 Å². The van der Waals surface area contributed by atoms with Gasteiger partial charge in [-0.3, -0.25) is 0 Å². The number of aryl methyl sites for hydroxylation is 1. The molecule has 0 saturated heterocycles. The molecule has 0 fully saturated rings. The summed E-state index contributed by atoms with van der Waals surface area (Å²) >= 11 is 0. The van der Waals surface area contributed by atoms with Crippen LogP contribution < -0.4 is 5.32 Å². The Bertz CT molecular complexity index is 287. The maximum absolute atomic E-state index is 8.78. The molecule has 92 valence electrons. The molecule has 0 aliphatic heterocycles. The highest BCUT2D eigenvalue weighted by Gasteiger charge is 2.04. The monoisotopic (exact) mass is 226 g/mol. The van der Waals surface area contributed by atoms with Crippen molar-refractivity contribution in [1.82, 2.24) is 20.1 Å². The van der Waals surface area contributed by atoms with Gasteiger partial charge >= 0.3 is 0 Å². The summed E-state index contributed by atoms with van der Waals surface area (Å²) in [5.74, 6) is 1.48. The van der Waals surface area contributed by atoms with Crippen LogP contribution in [0.4, 0.5) is 0 Å². The van der Waals surface area contributed by atoms with Gasteiger partial charge in [-0.05, 0) is 25.3 Å². The minimum Gasteiger partial charge on any atom is -0.396 e. The number of nitrogens with one attached hydrogen (secondary N) is 1. The summed E-state index contributed by atoms with van der Waals surface area (Å²) < 4.78 is 1.93. The molecule has 0 aliphatic rings. The molecule has 16 heavy (non-hydrogen) atoms. The van der Waals surface area contributed by atoms with Crippen LogP contribution >= 0.6 is 0 Å². The summed E-state index contributed by atoms with van der Waals surface area (Å²) in [6.45, 7) is 7.08. The Morgan fingerprint density at radius 3 is 3.06 bits per heavy atom. The maximum atomic E-state index is 8.78. The fourth-order valence-electron chi connectivity index (χ4n) is 1.58. The Hall–Kier alpha value is -0.940. The zero-order valence-electron chi connectivity index (χ0n) is 10.2. The molecule has 1 heterocycles. The van der Waals surface area contributed by atoms with Gasteiger partial charge in [0, 0.05) is 13.2 Å². The second-order valence-electron chi connectivity index (χ2n) is 4.15. The minimum absolute atomic E-state index is 0.259. The second-order valence-corrected chi connectivity index (χ2v) is 4.15. The van der Waals surface area contributed by atoms with Gasteiger partial charge in [0.2, 0.25) is 0 Å². The van der Waals surface area contributed by atoms with Gasteiger partial charge in [0.05, 0.1) is 6.54 Å². The van der Waals surface area contributed by atoms with E-state index in [9.17, 15) is 0 Å². The average molecular weight is 226 g/mol. The quantitative estimate of drug-likeness (QED) is 0.688. The van der Waals surface area contributed by atoms with Gasteiger partial charge < -0.3 is 10.4 Å². The maximum Gasteiger partial charge on any atom is 0.140 e. The van der Waals surface area contributed by atoms with Gasteiger partial charge in [-0.2, -0.15) is 5.10 Å². The van der Waals surface area contributed by atoms with Gasteiger partial charge in [-0.1, -0.05) is 13.8 Å². The molecule has 1 rings (SSSR count). The van der Waals surface area contributed by atoms with Crippen LogP contribution in [0.1, 0.15) is 32.5 Å². The number of hydrogen-bond acceptors (Lipinski definition) is 4. The molecule has 0 aliphatic carbocycles. The average Bonchev–Trinajstić information content (AvgIpc) is 2.67. The van der Waals surface area contributed by atoms with Crippen LogP contribution in [0.2, 0.25) is 0 Å². The van der Waals surface area contributed by atoms with Crippen molar-refractivity contribution in [2.45, 2.75) is 39.8 Å². The second kappa shape index (κ2) is 7.35.